The van der Waals surface area contributed by atoms with Gasteiger partial charge in [0.2, 0.25) is 10.0 Å². The topological polar surface area (TPSA) is 98.5 Å². The van der Waals surface area contributed by atoms with Gasteiger partial charge in [-0.2, -0.15) is 0 Å². The molecule has 0 aromatic heterocycles. The summed E-state index contributed by atoms with van der Waals surface area (Å²) < 4.78 is 32.9. The van der Waals surface area contributed by atoms with Crippen LogP contribution >= 0.6 is 0 Å². The van der Waals surface area contributed by atoms with Crippen molar-refractivity contribution < 1.29 is 18.1 Å². The summed E-state index contributed by atoms with van der Waals surface area (Å²) in [5.41, 5.74) is 1.85. The van der Waals surface area contributed by atoms with E-state index in [4.69, 9.17) is 4.74 Å². The van der Waals surface area contributed by atoms with Crippen LogP contribution in [0.2, 0.25) is 0 Å². The lowest BCUT2D eigenvalue weighted by molar-refractivity contribution is -0.384. The minimum absolute atomic E-state index is 0.00932. The molecule has 0 aliphatic heterocycles. The molecular weight excluding hydrogens is 332 g/mol. The molecule has 7 nitrogen and oxygen atoms in total. The van der Waals surface area contributed by atoms with Crippen LogP contribution in [0, 0.1) is 10.1 Å². The van der Waals surface area contributed by atoms with Gasteiger partial charge < -0.3 is 4.74 Å². The van der Waals surface area contributed by atoms with Crippen molar-refractivity contribution in [3.8, 4) is 5.75 Å². The fourth-order valence-electron chi connectivity index (χ4n) is 2.85. The van der Waals surface area contributed by atoms with Crippen LogP contribution in [0.5, 0.6) is 5.75 Å². The average Bonchev–Trinajstić information content (AvgIpc) is 2.96. The Morgan fingerprint density at radius 2 is 1.92 bits per heavy atom. The Labute approximate surface area is 139 Å². The second-order valence-corrected chi connectivity index (χ2v) is 7.24. The van der Waals surface area contributed by atoms with Gasteiger partial charge in [0.05, 0.1) is 16.9 Å². The van der Waals surface area contributed by atoms with Gasteiger partial charge in [-0.1, -0.05) is 6.07 Å². The van der Waals surface area contributed by atoms with Crippen molar-refractivity contribution in [2.45, 2.75) is 23.8 Å². The van der Waals surface area contributed by atoms with E-state index in [9.17, 15) is 18.5 Å². The molecule has 0 unspecified atom stereocenters. The molecule has 0 saturated carbocycles. The predicted molar refractivity (Wildman–Crippen MR) is 87.5 cm³/mol. The van der Waals surface area contributed by atoms with Crippen LogP contribution in [0.1, 0.15) is 23.6 Å². The number of non-ortho nitro benzene ring substituents is 1. The molecule has 0 bridgehead atoms. The minimum Gasteiger partial charge on any atom is -0.497 e. The number of benzene rings is 2. The number of nitrogens with one attached hydrogen (secondary N) is 1. The number of sulfonamides is 1. The third-order valence-electron chi connectivity index (χ3n) is 4.08. The van der Waals surface area contributed by atoms with Crippen LogP contribution < -0.4 is 9.46 Å². The van der Waals surface area contributed by atoms with E-state index in [-0.39, 0.29) is 16.6 Å². The van der Waals surface area contributed by atoms with Crippen LogP contribution in [-0.2, 0) is 16.4 Å². The Hall–Kier alpha value is -2.45. The van der Waals surface area contributed by atoms with Gasteiger partial charge in [-0.05, 0) is 48.2 Å². The van der Waals surface area contributed by atoms with E-state index in [1.807, 2.05) is 12.1 Å². The largest absolute Gasteiger partial charge is 0.497 e. The Balaban J connectivity index is 1.82. The van der Waals surface area contributed by atoms with Crippen LogP contribution in [0.15, 0.2) is 47.4 Å². The highest BCUT2D eigenvalue weighted by molar-refractivity contribution is 7.89. The normalized spacial score (nSPS) is 16.6. The molecule has 1 aliphatic carbocycles. The lowest BCUT2D eigenvalue weighted by Crippen LogP contribution is -2.27. The summed E-state index contributed by atoms with van der Waals surface area (Å²) in [4.78, 5) is 10.1. The molecule has 24 heavy (non-hydrogen) atoms. The zero-order valence-corrected chi connectivity index (χ0v) is 13.7. The van der Waals surface area contributed by atoms with Gasteiger partial charge in [-0.3, -0.25) is 10.1 Å². The van der Waals surface area contributed by atoms with Crippen LogP contribution in [0.4, 0.5) is 5.69 Å². The molecule has 0 radical (unpaired) electrons. The van der Waals surface area contributed by atoms with Crippen LogP contribution in [-0.4, -0.2) is 20.5 Å². The van der Waals surface area contributed by atoms with Gasteiger partial charge >= 0.3 is 0 Å². The maximum Gasteiger partial charge on any atom is 0.269 e. The molecule has 1 aliphatic rings. The molecule has 1 atom stereocenters. The highest BCUT2D eigenvalue weighted by atomic mass is 32.2. The second-order valence-electron chi connectivity index (χ2n) is 5.53. The Morgan fingerprint density at radius 3 is 2.54 bits per heavy atom. The number of nitro groups is 1. The van der Waals surface area contributed by atoms with Crippen molar-refractivity contribution in [3.63, 3.8) is 0 Å². The first-order valence-electron chi connectivity index (χ1n) is 7.34. The molecule has 8 heteroatoms. The van der Waals surface area contributed by atoms with Crippen molar-refractivity contribution in [2.75, 3.05) is 7.11 Å². The number of hydrogen-bond donors (Lipinski definition) is 1. The van der Waals surface area contributed by atoms with E-state index in [1.54, 1.807) is 13.2 Å². The number of nitrogens with zero attached hydrogens (tertiary/aromatic N) is 1. The number of rotatable bonds is 5. The molecular formula is C16H16N2O5S. The fraction of sp³-hybridized carbons (Fsp3) is 0.250. The summed E-state index contributed by atoms with van der Waals surface area (Å²) in [5, 5.41) is 10.7. The third-order valence-corrected chi connectivity index (χ3v) is 5.57. The Bertz CT molecular complexity index is 878. The highest BCUT2D eigenvalue weighted by Crippen LogP contribution is 2.34. The van der Waals surface area contributed by atoms with E-state index in [2.05, 4.69) is 4.72 Å². The van der Waals surface area contributed by atoms with Gasteiger partial charge in [0.15, 0.2) is 0 Å². The lowest BCUT2D eigenvalue weighted by Gasteiger charge is -2.15. The lowest BCUT2D eigenvalue weighted by atomic mass is 10.1. The summed E-state index contributed by atoms with van der Waals surface area (Å²) in [7, 11) is -2.16. The molecule has 0 spiro atoms. The number of hydrogen-bond acceptors (Lipinski definition) is 5. The first-order valence-corrected chi connectivity index (χ1v) is 8.82. The maximum atomic E-state index is 12.5. The molecule has 2 aromatic carbocycles. The Kier molecular flexibility index (Phi) is 4.25. The monoisotopic (exact) mass is 348 g/mol. The van der Waals surface area contributed by atoms with Crippen molar-refractivity contribution >= 4 is 15.7 Å². The smallest absolute Gasteiger partial charge is 0.269 e. The van der Waals surface area contributed by atoms with Crippen LogP contribution in [0.3, 0.4) is 0 Å². The van der Waals surface area contributed by atoms with E-state index < -0.39 is 14.9 Å². The van der Waals surface area contributed by atoms with Crippen molar-refractivity contribution in [1.82, 2.24) is 4.72 Å². The number of aryl methyl sites for hydroxylation is 1. The van der Waals surface area contributed by atoms with Crippen molar-refractivity contribution in [3.05, 3.63) is 63.7 Å². The van der Waals surface area contributed by atoms with Gasteiger partial charge in [-0.15, -0.1) is 0 Å². The van der Waals surface area contributed by atoms with Crippen LogP contribution in [0.25, 0.3) is 0 Å². The van der Waals surface area contributed by atoms with Gasteiger partial charge in [0, 0.05) is 18.2 Å². The molecule has 1 N–H and O–H groups in total. The van der Waals surface area contributed by atoms with Crippen molar-refractivity contribution in [2.24, 2.45) is 0 Å². The van der Waals surface area contributed by atoms with Crippen molar-refractivity contribution in [1.29, 1.82) is 0 Å². The number of fused-ring (bicyclic) bond motifs is 1. The summed E-state index contributed by atoms with van der Waals surface area (Å²) in [6, 6.07) is 10.1. The molecule has 2 aromatic rings. The third kappa shape index (κ3) is 3.10. The van der Waals surface area contributed by atoms with Gasteiger partial charge in [-0.25, -0.2) is 13.1 Å². The van der Waals surface area contributed by atoms with Gasteiger partial charge in [0.1, 0.15) is 5.75 Å². The number of ether oxygens (including phenoxy) is 1. The highest BCUT2D eigenvalue weighted by Gasteiger charge is 2.28. The fourth-order valence-corrected chi connectivity index (χ4v) is 4.10. The van der Waals surface area contributed by atoms with E-state index in [1.165, 1.54) is 24.3 Å². The summed E-state index contributed by atoms with van der Waals surface area (Å²) in [5.74, 6) is 0.743. The molecule has 0 amide bonds. The zero-order valence-electron chi connectivity index (χ0n) is 12.9. The molecule has 0 heterocycles. The minimum atomic E-state index is -3.75. The summed E-state index contributed by atoms with van der Waals surface area (Å²) in [6.45, 7) is 0. The predicted octanol–water partition coefficient (Wildman–Crippen LogP) is 2.57. The Morgan fingerprint density at radius 1 is 1.21 bits per heavy atom. The quantitative estimate of drug-likeness (QED) is 0.661. The first-order chi connectivity index (χ1) is 11.4. The average molecular weight is 348 g/mol. The van der Waals surface area contributed by atoms with E-state index >= 15 is 0 Å². The van der Waals surface area contributed by atoms with Gasteiger partial charge in [0.25, 0.3) is 5.69 Å². The SMILES string of the molecule is COc1ccc2c(c1)CC[C@H]2NS(=O)(=O)c1ccc([N+](=O)[O-])cc1. The van der Waals surface area contributed by atoms with E-state index in [0.717, 1.165) is 23.3 Å². The molecule has 3 rings (SSSR count). The zero-order chi connectivity index (χ0) is 17.3. The number of methoxy groups -OCH3 is 1. The summed E-state index contributed by atoms with van der Waals surface area (Å²) in [6.07, 6.45) is 1.43. The molecule has 0 fully saturated rings. The molecule has 126 valence electrons. The standard InChI is InChI=1S/C16H16N2O5S/c1-23-13-5-8-15-11(10-13)2-9-16(15)17-24(21,22)14-6-3-12(4-7-14)18(19)20/h3-8,10,16-17H,2,9H2,1H3/t16-/m1/s1. The maximum absolute atomic E-state index is 12.5. The second kappa shape index (κ2) is 6.21. The first kappa shape index (κ1) is 16.4. The molecule has 0 saturated heterocycles. The number of nitro benzene ring substituents is 1. The van der Waals surface area contributed by atoms with E-state index in [0.29, 0.717) is 6.42 Å². The summed E-state index contributed by atoms with van der Waals surface area (Å²) >= 11 is 0.